The Balaban J connectivity index is 1.90. The molecule has 0 bridgehead atoms. The van der Waals surface area contributed by atoms with Crippen LogP contribution in [0.4, 0.5) is 8.78 Å². The highest BCUT2D eigenvalue weighted by Gasteiger charge is 2.30. The van der Waals surface area contributed by atoms with Crippen LogP contribution < -0.4 is 0 Å². The molecular weight excluding hydrogens is 326 g/mol. The fourth-order valence-electron chi connectivity index (χ4n) is 2.82. The minimum absolute atomic E-state index is 0.100. The largest absolute Gasteiger partial charge is 0.338 e. The second kappa shape index (κ2) is 5.88. The third kappa shape index (κ3) is 3.06. The van der Waals surface area contributed by atoms with Crippen molar-refractivity contribution in [3.8, 4) is 0 Å². The van der Waals surface area contributed by atoms with E-state index in [9.17, 15) is 13.6 Å². The standard InChI is InChI=1S/C15H15ClF2N4O/c1-8-5-22-15(19-14(8)16)11(9(2)20-22)7-21-6-10(3-12(17)18)4-13(21)23/h3,5,10H,4,6-7H2,1-2H3. The maximum Gasteiger partial charge on any atom is 0.266 e. The molecule has 1 aliphatic heterocycles. The molecule has 1 unspecified atom stereocenters. The molecule has 0 N–H and O–H groups in total. The number of amides is 1. The monoisotopic (exact) mass is 340 g/mol. The van der Waals surface area contributed by atoms with Gasteiger partial charge in [-0.2, -0.15) is 13.9 Å². The fraction of sp³-hybridized carbons (Fsp3) is 0.400. The average Bonchev–Trinajstić information content (AvgIpc) is 2.92. The summed E-state index contributed by atoms with van der Waals surface area (Å²) >= 11 is 6.07. The van der Waals surface area contributed by atoms with Crippen LogP contribution in [0, 0.1) is 19.8 Å². The topological polar surface area (TPSA) is 50.5 Å². The molecule has 3 heterocycles. The number of aromatic nitrogens is 3. The predicted octanol–water partition coefficient (Wildman–Crippen LogP) is 3.13. The number of hydrogen-bond acceptors (Lipinski definition) is 3. The zero-order chi connectivity index (χ0) is 16.7. The van der Waals surface area contributed by atoms with E-state index >= 15 is 0 Å². The molecule has 8 heteroatoms. The lowest BCUT2D eigenvalue weighted by Crippen LogP contribution is -2.24. The van der Waals surface area contributed by atoms with Gasteiger partial charge in [-0.15, -0.1) is 0 Å². The minimum atomic E-state index is -1.75. The van der Waals surface area contributed by atoms with Crippen LogP contribution in [0.2, 0.25) is 5.15 Å². The van der Waals surface area contributed by atoms with Gasteiger partial charge in [0, 0.05) is 36.2 Å². The molecule has 2 aromatic heterocycles. The van der Waals surface area contributed by atoms with Gasteiger partial charge in [0.2, 0.25) is 5.91 Å². The van der Waals surface area contributed by atoms with E-state index in [0.717, 1.165) is 22.9 Å². The van der Waals surface area contributed by atoms with Gasteiger partial charge >= 0.3 is 0 Å². The molecule has 3 rings (SSSR count). The number of nitrogens with zero attached hydrogens (tertiary/aromatic N) is 4. The predicted molar refractivity (Wildman–Crippen MR) is 81.3 cm³/mol. The zero-order valence-electron chi connectivity index (χ0n) is 12.7. The molecule has 0 radical (unpaired) electrons. The summed E-state index contributed by atoms with van der Waals surface area (Å²) in [6.07, 6.45) is 0.972. The second-order valence-corrected chi connectivity index (χ2v) is 6.10. The van der Waals surface area contributed by atoms with E-state index in [2.05, 4.69) is 10.1 Å². The summed E-state index contributed by atoms with van der Waals surface area (Å²) < 4.78 is 26.4. The van der Waals surface area contributed by atoms with Gasteiger partial charge in [-0.25, -0.2) is 9.50 Å². The fourth-order valence-corrected chi connectivity index (χ4v) is 2.95. The van der Waals surface area contributed by atoms with Crippen LogP contribution in [-0.4, -0.2) is 31.9 Å². The summed E-state index contributed by atoms with van der Waals surface area (Å²) in [5.74, 6) is -0.599. The summed E-state index contributed by atoms with van der Waals surface area (Å²) in [7, 11) is 0. The van der Waals surface area contributed by atoms with Crippen molar-refractivity contribution in [1.29, 1.82) is 0 Å². The number of rotatable bonds is 3. The number of carbonyl (C=O) groups is 1. The highest BCUT2D eigenvalue weighted by molar-refractivity contribution is 6.30. The van der Waals surface area contributed by atoms with Crippen molar-refractivity contribution in [2.24, 2.45) is 5.92 Å². The van der Waals surface area contributed by atoms with Crippen LogP contribution in [0.15, 0.2) is 18.4 Å². The van der Waals surface area contributed by atoms with Crippen molar-refractivity contribution >= 4 is 23.2 Å². The highest BCUT2D eigenvalue weighted by atomic mass is 35.5. The van der Waals surface area contributed by atoms with Crippen LogP contribution in [0.1, 0.15) is 23.2 Å². The third-order valence-electron chi connectivity index (χ3n) is 3.98. The zero-order valence-corrected chi connectivity index (χ0v) is 13.4. The first-order valence-corrected chi connectivity index (χ1v) is 7.54. The molecule has 0 spiro atoms. The van der Waals surface area contributed by atoms with Gasteiger partial charge in [0.05, 0.1) is 12.2 Å². The van der Waals surface area contributed by atoms with Gasteiger partial charge in [0.15, 0.2) is 5.65 Å². The van der Waals surface area contributed by atoms with Gasteiger partial charge in [-0.1, -0.05) is 11.6 Å². The number of halogens is 3. The number of fused-ring (bicyclic) bond motifs is 1. The Labute approximate surface area is 136 Å². The summed E-state index contributed by atoms with van der Waals surface area (Å²) in [6, 6.07) is 0. The molecule has 1 saturated heterocycles. The number of carbonyl (C=O) groups excluding carboxylic acids is 1. The molecule has 5 nitrogen and oxygen atoms in total. The maximum absolute atomic E-state index is 12.4. The Morgan fingerprint density at radius 2 is 2.22 bits per heavy atom. The normalized spacial score (nSPS) is 18.0. The van der Waals surface area contributed by atoms with Gasteiger partial charge in [-0.05, 0) is 19.9 Å². The maximum atomic E-state index is 12.4. The van der Waals surface area contributed by atoms with Gasteiger partial charge < -0.3 is 4.90 Å². The van der Waals surface area contributed by atoms with Crippen molar-refractivity contribution in [3.63, 3.8) is 0 Å². The van der Waals surface area contributed by atoms with E-state index in [1.807, 2.05) is 13.8 Å². The van der Waals surface area contributed by atoms with Crippen molar-refractivity contribution in [2.45, 2.75) is 26.8 Å². The summed E-state index contributed by atoms with van der Waals surface area (Å²) in [5.41, 5.74) is 2.91. The van der Waals surface area contributed by atoms with Gasteiger partial charge in [0.25, 0.3) is 6.08 Å². The molecule has 1 atom stereocenters. The molecule has 1 amide bonds. The Hall–Kier alpha value is -2.02. The van der Waals surface area contributed by atoms with Crippen molar-refractivity contribution in [1.82, 2.24) is 19.5 Å². The third-order valence-corrected chi connectivity index (χ3v) is 4.36. The Morgan fingerprint density at radius 1 is 1.48 bits per heavy atom. The number of likely N-dealkylation sites (tertiary alicyclic amines) is 1. The lowest BCUT2D eigenvalue weighted by Gasteiger charge is -2.15. The van der Waals surface area contributed by atoms with Crippen LogP contribution in [0.5, 0.6) is 0 Å². The molecule has 0 aliphatic carbocycles. The molecular formula is C15H15ClF2N4O. The molecule has 0 saturated carbocycles. The molecule has 1 aliphatic rings. The lowest BCUT2D eigenvalue weighted by molar-refractivity contribution is -0.128. The first-order chi connectivity index (χ1) is 10.8. The van der Waals surface area contributed by atoms with Crippen LogP contribution in [-0.2, 0) is 11.3 Å². The first-order valence-electron chi connectivity index (χ1n) is 7.16. The lowest BCUT2D eigenvalue weighted by atomic mass is 10.1. The van der Waals surface area contributed by atoms with Crippen molar-refractivity contribution in [2.75, 3.05) is 6.54 Å². The Kier molecular flexibility index (Phi) is 4.06. The highest BCUT2D eigenvalue weighted by Crippen LogP contribution is 2.26. The summed E-state index contributed by atoms with van der Waals surface area (Å²) in [6.45, 7) is 4.22. The summed E-state index contributed by atoms with van der Waals surface area (Å²) in [5, 5.41) is 4.76. The first kappa shape index (κ1) is 15.9. The second-order valence-electron chi connectivity index (χ2n) is 5.74. The SMILES string of the molecule is Cc1cn2nc(C)c(CN3CC(C=C(F)F)CC3=O)c2nc1Cl. The van der Waals surface area contributed by atoms with E-state index in [1.165, 1.54) is 0 Å². The molecule has 1 fully saturated rings. The average molecular weight is 341 g/mol. The van der Waals surface area contributed by atoms with E-state index in [-0.39, 0.29) is 18.9 Å². The number of aryl methyl sites for hydroxylation is 2. The van der Waals surface area contributed by atoms with Crippen LogP contribution in [0.3, 0.4) is 0 Å². The molecule has 122 valence electrons. The summed E-state index contributed by atoms with van der Waals surface area (Å²) in [4.78, 5) is 17.9. The Bertz CT molecular complexity index is 813. The van der Waals surface area contributed by atoms with Crippen LogP contribution >= 0.6 is 11.6 Å². The van der Waals surface area contributed by atoms with E-state index in [0.29, 0.717) is 17.3 Å². The van der Waals surface area contributed by atoms with Crippen molar-refractivity contribution < 1.29 is 13.6 Å². The minimum Gasteiger partial charge on any atom is -0.338 e. The number of hydrogen-bond donors (Lipinski definition) is 0. The van der Waals surface area contributed by atoms with E-state index in [1.54, 1.807) is 15.6 Å². The van der Waals surface area contributed by atoms with E-state index in [4.69, 9.17) is 11.6 Å². The van der Waals surface area contributed by atoms with Crippen LogP contribution in [0.25, 0.3) is 5.65 Å². The van der Waals surface area contributed by atoms with E-state index < -0.39 is 12.0 Å². The van der Waals surface area contributed by atoms with Crippen molar-refractivity contribution in [3.05, 3.63) is 40.3 Å². The molecule has 2 aromatic rings. The smallest absolute Gasteiger partial charge is 0.266 e. The Morgan fingerprint density at radius 3 is 2.91 bits per heavy atom. The molecule has 23 heavy (non-hydrogen) atoms. The van der Waals surface area contributed by atoms with Gasteiger partial charge in [0.1, 0.15) is 5.15 Å². The molecule has 0 aromatic carbocycles. The quantitative estimate of drug-likeness (QED) is 0.807. The van der Waals surface area contributed by atoms with Gasteiger partial charge in [-0.3, -0.25) is 4.79 Å².